The van der Waals surface area contributed by atoms with Crippen molar-refractivity contribution in [2.75, 3.05) is 5.32 Å². The lowest BCUT2D eigenvalue weighted by molar-refractivity contribution is 0.594. The summed E-state index contributed by atoms with van der Waals surface area (Å²) < 4.78 is 40.1. The van der Waals surface area contributed by atoms with Crippen LogP contribution in [0.5, 0.6) is 0 Å². The first-order chi connectivity index (χ1) is 8.99. The number of rotatable bonds is 3. The fourth-order valence-corrected chi connectivity index (χ4v) is 1.85. The number of hydrogen-bond donors (Lipinski definition) is 1. The Balaban J connectivity index is 2.19. The van der Waals surface area contributed by atoms with Gasteiger partial charge in [-0.05, 0) is 30.2 Å². The lowest BCUT2D eigenvalue weighted by Crippen LogP contribution is -2.04. The average molecular weight is 286 g/mol. The summed E-state index contributed by atoms with van der Waals surface area (Å²) in [4.78, 5) is 0. The van der Waals surface area contributed by atoms with Crippen LogP contribution in [0.15, 0.2) is 30.3 Å². The van der Waals surface area contributed by atoms with Crippen LogP contribution in [0.25, 0.3) is 0 Å². The normalized spacial score (nSPS) is 10.6. The quantitative estimate of drug-likeness (QED) is 0.863. The van der Waals surface area contributed by atoms with Crippen LogP contribution in [-0.2, 0) is 6.54 Å². The Hall–Kier alpha value is -1.68. The van der Waals surface area contributed by atoms with Crippen LogP contribution in [-0.4, -0.2) is 0 Å². The largest absolute Gasteiger partial charge is 0.378 e. The number of halogens is 4. The molecule has 0 aliphatic rings. The second-order valence-corrected chi connectivity index (χ2v) is 4.53. The molecule has 2 aromatic carbocycles. The fourth-order valence-electron chi connectivity index (χ4n) is 1.66. The zero-order valence-electron chi connectivity index (χ0n) is 10.1. The van der Waals surface area contributed by atoms with Crippen molar-refractivity contribution in [1.82, 2.24) is 0 Å². The fraction of sp³-hybridized carbons (Fsp3) is 0.143. The molecule has 0 aromatic heterocycles. The smallest absolute Gasteiger partial charge is 0.146 e. The summed E-state index contributed by atoms with van der Waals surface area (Å²) in [6.45, 7) is 1.58. The van der Waals surface area contributed by atoms with Crippen LogP contribution in [0.3, 0.4) is 0 Å². The van der Waals surface area contributed by atoms with Gasteiger partial charge in [0, 0.05) is 12.6 Å². The third kappa shape index (κ3) is 3.01. The molecular weight excluding hydrogens is 275 g/mol. The highest BCUT2D eigenvalue weighted by atomic mass is 35.5. The minimum absolute atomic E-state index is 0.0171. The van der Waals surface area contributed by atoms with Gasteiger partial charge >= 0.3 is 0 Å². The van der Waals surface area contributed by atoms with E-state index in [0.717, 1.165) is 12.1 Å². The molecule has 1 nitrogen and oxygen atoms in total. The minimum Gasteiger partial charge on any atom is -0.378 e. The van der Waals surface area contributed by atoms with Crippen LogP contribution < -0.4 is 5.32 Å². The topological polar surface area (TPSA) is 12.0 Å². The molecule has 0 fully saturated rings. The molecular formula is C14H11ClF3N. The third-order valence-corrected chi connectivity index (χ3v) is 3.17. The Labute approximate surface area is 114 Å². The maximum absolute atomic E-state index is 13.6. The highest BCUT2D eigenvalue weighted by Gasteiger charge is 2.09. The molecule has 0 aliphatic heterocycles. The second kappa shape index (κ2) is 5.53. The van der Waals surface area contributed by atoms with Gasteiger partial charge in [-0.15, -0.1) is 0 Å². The third-order valence-electron chi connectivity index (χ3n) is 2.75. The van der Waals surface area contributed by atoms with E-state index in [0.29, 0.717) is 5.56 Å². The molecule has 1 N–H and O–H groups in total. The molecule has 100 valence electrons. The molecule has 2 aromatic rings. The monoisotopic (exact) mass is 285 g/mol. The van der Waals surface area contributed by atoms with E-state index in [2.05, 4.69) is 5.32 Å². The predicted molar refractivity (Wildman–Crippen MR) is 69.8 cm³/mol. The summed E-state index contributed by atoms with van der Waals surface area (Å²) in [5.41, 5.74) is 0.720. The summed E-state index contributed by atoms with van der Waals surface area (Å²) >= 11 is 5.77. The zero-order valence-corrected chi connectivity index (χ0v) is 10.9. The lowest BCUT2D eigenvalue weighted by atomic mass is 10.2. The molecule has 0 spiro atoms. The van der Waals surface area contributed by atoms with E-state index < -0.39 is 17.5 Å². The molecule has 2 rings (SSSR count). The summed E-state index contributed by atoms with van der Waals surface area (Å²) in [6, 6.07) is 6.52. The Kier molecular flexibility index (Phi) is 4.00. The molecule has 0 bridgehead atoms. The van der Waals surface area contributed by atoms with E-state index in [1.54, 1.807) is 6.07 Å². The molecule has 0 aliphatic carbocycles. The molecule has 19 heavy (non-hydrogen) atoms. The van der Waals surface area contributed by atoms with Crippen LogP contribution >= 0.6 is 11.6 Å². The van der Waals surface area contributed by atoms with Crippen LogP contribution in [0, 0.1) is 24.4 Å². The summed E-state index contributed by atoms with van der Waals surface area (Å²) in [5, 5.41) is 2.67. The van der Waals surface area contributed by atoms with Crippen LogP contribution in [0.1, 0.15) is 11.1 Å². The van der Waals surface area contributed by atoms with Gasteiger partial charge < -0.3 is 5.32 Å². The van der Waals surface area contributed by atoms with Gasteiger partial charge in [0.25, 0.3) is 0 Å². The summed E-state index contributed by atoms with van der Waals surface area (Å²) in [7, 11) is 0. The van der Waals surface area contributed by atoms with Crippen molar-refractivity contribution in [2.24, 2.45) is 0 Å². The van der Waals surface area contributed by atoms with Crippen LogP contribution in [0.4, 0.5) is 18.9 Å². The molecule has 5 heteroatoms. The summed E-state index contributed by atoms with van der Waals surface area (Å²) in [5.74, 6) is -1.61. The lowest BCUT2D eigenvalue weighted by Gasteiger charge is -2.10. The van der Waals surface area contributed by atoms with E-state index in [9.17, 15) is 13.2 Å². The number of anilines is 1. The molecule has 0 amide bonds. The Morgan fingerprint density at radius 1 is 1.05 bits per heavy atom. The maximum Gasteiger partial charge on any atom is 0.146 e. The van der Waals surface area contributed by atoms with Gasteiger partial charge in [0.05, 0.1) is 10.7 Å². The van der Waals surface area contributed by atoms with Crippen molar-refractivity contribution < 1.29 is 13.2 Å². The van der Waals surface area contributed by atoms with E-state index in [-0.39, 0.29) is 22.8 Å². The summed E-state index contributed by atoms with van der Waals surface area (Å²) in [6.07, 6.45) is 0. The molecule has 0 heterocycles. The zero-order chi connectivity index (χ0) is 14.0. The SMILES string of the molecule is Cc1cc(F)c(NCc2cccc(F)c2Cl)cc1F. The Morgan fingerprint density at radius 3 is 2.53 bits per heavy atom. The molecule has 0 saturated carbocycles. The molecule has 0 atom stereocenters. The number of nitrogens with one attached hydrogen (secondary N) is 1. The van der Waals surface area contributed by atoms with Gasteiger partial charge in [0.15, 0.2) is 0 Å². The predicted octanol–water partition coefficient (Wildman–Crippen LogP) is 4.68. The first kappa shape index (κ1) is 13.7. The van der Waals surface area contributed by atoms with Crippen molar-refractivity contribution in [3.63, 3.8) is 0 Å². The van der Waals surface area contributed by atoms with Crippen molar-refractivity contribution in [3.8, 4) is 0 Å². The van der Waals surface area contributed by atoms with E-state index >= 15 is 0 Å². The second-order valence-electron chi connectivity index (χ2n) is 4.15. The van der Waals surface area contributed by atoms with Crippen molar-refractivity contribution >= 4 is 17.3 Å². The number of hydrogen-bond acceptors (Lipinski definition) is 1. The van der Waals surface area contributed by atoms with Crippen molar-refractivity contribution in [2.45, 2.75) is 13.5 Å². The maximum atomic E-state index is 13.6. The van der Waals surface area contributed by atoms with Gasteiger partial charge in [-0.1, -0.05) is 23.7 Å². The molecule has 0 unspecified atom stereocenters. The Bertz CT molecular complexity index is 614. The van der Waals surface area contributed by atoms with Crippen molar-refractivity contribution in [3.05, 3.63) is 63.9 Å². The first-order valence-electron chi connectivity index (χ1n) is 5.61. The van der Waals surface area contributed by atoms with Gasteiger partial charge in [0.2, 0.25) is 0 Å². The van der Waals surface area contributed by atoms with Gasteiger partial charge in [0.1, 0.15) is 17.5 Å². The van der Waals surface area contributed by atoms with Crippen molar-refractivity contribution in [1.29, 1.82) is 0 Å². The molecule has 0 saturated heterocycles. The minimum atomic E-state index is -0.563. The van der Waals surface area contributed by atoms with Gasteiger partial charge in [-0.25, -0.2) is 13.2 Å². The number of aryl methyl sites for hydroxylation is 1. The van der Waals surface area contributed by atoms with Gasteiger partial charge in [-0.3, -0.25) is 0 Å². The highest BCUT2D eigenvalue weighted by molar-refractivity contribution is 6.31. The first-order valence-corrected chi connectivity index (χ1v) is 5.99. The van der Waals surface area contributed by atoms with Crippen LogP contribution in [0.2, 0.25) is 5.02 Å². The Morgan fingerprint density at radius 2 is 1.79 bits per heavy atom. The van der Waals surface area contributed by atoms with E-state index in [1.165, 1.54) is 19.1 Å². The number of benzene rings is 2. The average Bonchev–Trinajstić information content (AvgIpc) is 2.37. The molecule has 0 radical (unpaired) electrons. The standard InChI is InChI=1S/C14H11ClF3N/c1-8-5-12(18)13(6-11(8)17)19-7-9-3-2-4-10(16)14(9)15/h2-6,19H,7H2,1H3. The van der Waals surface area contributed by atoms with E-state index in [4.69, 9.17) is 11.6 Å². The van der Waals surface area contributed by atoms with E-state index in [1.807, 2.05) is 0 Å². The van der Waals surface area contributed by atoms with Gasteiger partial charge in [-0.2, -0.15) is 0 Å². The highest BCUT2D eigenvalue weighted by Crippen LogP contribution is 2.23.